The number of amidine groups is 1. The van der Waals surface area contributed by atoms with Gasteiger partial charge in [-0.05, 0) is 56.6 Å². The van der Waals surface area contributed by atoms with Gasteiger partial charge in [-0.2, -0.15) is 0 Å². The Morgan fingerprint density at radius 1 is 0.816 bits per heavy atom. The molecule has 1 saturated heterocycles. The van der Waals surface area contributed by atoms with Crippen LogP contribution in [0, 0.1) is 6.92 Å². The first kappa shape index (κ1) is 24.8. The van der Waals surface area contributed by atoms with Crippen LogP contribution in [-0.2, 0) is 0 Å². The highest BCUT2D eigenvalue weighted by atomic mass is 32.1. The molecule has 0 unspecified atom stereocenters. The number of fused-ring (bicyclic) bond motifs is 3. The zero-order valence-corrected chi connectivity index (χ0v) is 22.6. The van der Waals surface area contributed by atoms with Crippen LogP contribution in [-0.4, -0.2) is 71.6 Å². The third-order valence-corrected chi connectivity index (χ3v) is 8.60. The van der Waals surface area contributed by atoms with Crippen molar-refractivity contribution in [1.82, 2.24) is 14.7 Å². The van der Waals surface area contributed by atoms with Gasteiger partial charge < -0.3 is 10.2 Å². The van der Waals surface area contributed by atoms with Crippen LogP contribution in [0.1, 0.15) is 56.8 Å². The Morgan fingerprint density at radius 2 is 1.47 bits per heavy atom. The van der Waals surface area contributed by atoms with Gasteiger partial charge in [-0.1, -0.05) is 37.1 Å². The van der Waals surface area contributed by atoms with E-state index in [4.69, 9.17) is 4.99 Å². The topological polar surface area (TPSA) is 68.2 Å². The number of piperazine rings is 1. The van der Waals surface area contributed by atoms with Crippen LogP contribution in [0.2, 0.25) is 0 Å². The molecule has 0 aliphatic carbocycles. The van der Waals surface area contributed by atoms with Gasteiger partial charge in [-0.25, -0.2) is 4.99 Å². The molecular formula is C30H33N5O2S. The molecule has 0 radical (unpaired) electrons. The van der Waals surface area contributed by atoms with Gasteiger partial charge in [0.15, 0.2) is 0 Å². The maximum absolute atomic E-state index is 12.5. The summed E-state index contributed by atoms with van der Waals surface area (Å²) in [5.41, 5.74) is 4.34. The van der Waals surface area contributed by atoms with Gasteiger partial charge >= 0.3 is 0 Å². The number of hydrogen-bond donors (Lipinski definition) is 1. The second-order valence-electron chi connectivity index (χ2n) is 10.2. The first-order chi connectivity index (χ1) is 18.6. The lowest BCUT2D eigenvalue weighted by atomic mass is 10.1. The summed E-state index contributed by atoms with van der Waals surface area (Å²) in [6, 6.07) is 17.6. The molecule has 2 amide bonds. The van der Waals surface area contributed by atoms with Gasteiger partial charge in [0, 0.05) is 37.6 Å². The van der Waals surface area contributed by atoms with Crippen LogP contribution in [0.5, 0.6) is 0 Å². The Labute approximate surface area is 227 Å². The van der Waals surface area contributed by atoms with Crippen LogP contribution < -0.4 is 5.32 Å². The lowest BCUT2D eigenvalue weighted by Crippen LogP contribution is -2.49. The van der Waals surface area contributed by atoms with Gasteiger partial charge in [-0.3, -0.25) is 19.4 Å². The minimum absolute atomic E-state index is 0.147. The van der Waals surface area contributed by atoms with Crippen molar-refractivity contribution in [3.63, 3.8) is 0 Å². The molecule has 1 N–H and O–H groups in total. The molecule has 0 spiro atoms. The van der Waals surface area contributed by atoms with E-state index in [1.54, 1.807) is 23.5 Å². The van der Waals surface area contributed by atoms with Crippen molar-refractivity contribution < 1.29 is 9.59 Å². The van der Waals surface area contributed by atoms with Crippen LogP contribution >= 0.6 is 11.3 Å². The zero-order valence-electron chi connectivity index (χ0n) is 21.8. The number of thiophene rings is 1. The Hall–Kier alpha value is -3.49. The molecule has 2 aromatic carbocycles. The van der Waals surface area contributed by atoms with E-state index in [0.717, 1.165) is 75.6 Å². The molecule has 7 nitrogen and oxygen atoms in total. The minimum atomic E-state index is -0.147. The number of rotatable bonds is 7. The number of anilines is 2. The summed E-state index contributed by atoms with van der Waals surface area (Å²) in [7, 11) is 0. The molecule has 196 valence electrons. The number of unbranched alkanes of at least 4 members (excludes halogenated alkanes) is 3. The molecule has 3 aliphatic heterocycles. The number of aryl methyl sites for hydroxylation is 1. The van der Waals surface area contributed by atoms with E-state index in [1.807, 2.05) is 18.2 Å². The number of amides is 2. The maximum Gasteiger partial charge on any atom is 0.261 e. The monoisotopic (exact) mass is 527 g/mol. The quantitative estimate of drug-likeness (QED) is 0.317. The number of hydrogen-bond acceptors (Lipinski definition) is 7. The summed E-state index contributed by atoms with van der Waals surface area (Å²) in [5.74, 6) is 0.783. The number of imide groups is 1. The fraction of sp³-hybridized carbons (Fsp3) is 0.367. The van der Waals surface area contributed by atoms with Crippen molar-refractivity contribution in [2.24, 2.45) is 4.99 Å². The summed E-state index contributed by atoms with van der Waals surface area (Å²) in [4.78, 5) is 37.8. The van der Waals surface area contributed by atoms with E-state index in [-0.39, 0.29) is 11.8 Å². The number of para-hydroxylation sites is 2. The number of carbonyl (C=O) groups is 2. The SMILES string of the molecule is Cc1cc2c(s1)Nc1ccccc1N=C2N1CCN(CCCCCCN2C(=O)c3ccccc3C2=O)CC1. The summed E-state index contributed by atoms with van der Waals surface area (Å²) in [5, 5.41) is 4.78. The molecule has 38 heavy (non-hydrogen) atoms. The first-order valence-corrected chi connectivity index (χ1v) is 14.4. The standard InChI is InChI=1S/C30H33N5O2S/c1-21-20-24-27(31-25-12-6-7-13-26(25)32-28(24)38-21)34-18-16-33(17-19-34)14-8-2-3-9-15-35-29(36)22-10-4-5-11-23(22)30(35)37/h4-7,10-13,20,32H,2-3,8-9,14-19H2,1H3. The zero-order chi connectivity index (χ0) is 26.1. The highest BCUT2D eigenvalue weighted by Gasteiger charge is 2.34. The van der Waals surface area contributed by atoms with E-state index in [1.165, 1.54) is 20.3 Å². The minimum Gasteiger partial charge on any atom is -0.353 e. The molecule has 1 aromatic heterocycles. The number of nitrogens with one attached hydrogen (secondary N) is 1. The molecule has 3 aliphatic rings. The fourth-order valence-corrected chi connectivity index (χ4v) is 6.49. The molecule has 3 aromatic rings. The summed E-state index contributed by atoms with van der Waals surface area (Å²) >= 11 is 1.79. The van der Waals surface area contributed by atoms with Crippen molar-refractivity contribution in [3.8, 4) is 0 Å². The lowest BCUT2D eigenvalue weighted by molar-refractivity contribution is 0.0651. The van der Waals surface area contributed by atoms with E-state index in [9.17, 15) is 9.59 Å². The Balaban J connectivity index is 0.965. The van der Waals surface area contributed by atoms with Crippen molar-refractivity contribution in [2.75, 3.05) is 44.6 Å². The molecule has 4 heterocycles. The Bertz CT molecular complexity index is 1350. The van der Waals surface area contributed by atoms with Crippen LogP contribution in [0.15, 0.2) is 59.6 Å². The second kappa shape index (κ2) is 10.7. The molecule has 8 heteroatoms. The smallest absolute Gasteiger partial charge is 0.261 e. The van der Waals surface area contributed by atoms with Crippen molar-refractivity contribution >= 4 is 45.4 Å². The third kappa shape index (κ3) is 4.86. The van der Waals surface area contributed by atoms with E-state index < -0.39 is 0 Å². The van der Waals surface area contributed by atoms with Crippen LogP contribution in [0.25, 0.3) is 0 Å². The van der Waals surface area contributed by atoms with Gasteiger partial charge in [-0.15, -0.1) is 11.3 Å². The summed E-state index contributed by atoms with van der Waals surface area (Å²) in [6.07, 6.45) is 4.12. The average molecular weight is 528 g/mol. The highest BCUT2D eigenvalue weighted by Crippen LogP contribution is 2.39. The van der Waals surface area contributed by atoms with Crippen molar-refractivity contribution in [1.29, 1.82) is 0 Å². The molecule has 0 bridgehead atoms. The normalized spacial score (nSPS) is 17.0. The molecule has 0 atom stereocenters. The summed E-state index contributed by atoms with van der Waals surface area (Å²) < 4.78 is 0. The highest BCUT2D eigenvalue weighted by molar-refractivity contribution is 7.16. The predicted octanol–water partition coefficient (Wildman–Crippen LogP) is 5.67. The molecule has 0 saturated carbocycles. The van der Waals surface area contributed by atoms with Crippen molar-refractivity contribution in [3.05, 3.63) is 76.2 Å². The molecule has 6 rings (SSSR count). The van der Waals surface area contributed by atoms with Crippen LogP contribution in [0.3, 0.4) is 0 Å². The Morgan fingerprint density at radius 3 is 2.21 bits per heavy atom. The third-order valence-electron chi connectivity index (χ3n) is 7.63. The number of aliphatic imine (C=N–C) groups is 1. The average Bonchev–Trinajstić information content (AvgIpc) is 3.36. The summed E-state index contributed by atoms with van der Waals surface area (Å²) in [6.45, 7) is 7.74. The number of benzene rings is 2. The van der Waals surface area contributed by atoms with Gasteiger partial charge in [0.25, 0.3) is 11.8 Å². The first-order valence-electron chi connectivity index (χ1n) is 13.6. The van der Waals surface area contributed by atoms with E-state index >= 15 is 0 Å². The van der Waals surface area contributed by atoms with Gasteiger partial charge in [0.2, 0.25) is 0 Å². The Kier molecular flexibility index (Phi) is 7.00. The maximum atomic E-state index is 12.5. The van der Waals surface area contributed by atoms with Gasteiger partial charge in [0.05, 0.1) is 28.1 Å². The second-order valence-corrected chi connectivity index (χ2v) is 11.5. The number of carbonyl (C=O) groups excluding carboxylic acids is 2. The van der Waals surface area contributed by atoms with Gasteiger partial charge in [0.1, 0.15) is 10.8 Å². The fourth-order valence-electron chi connectivity index (χ4n) is 5.57. The van der Waals surface area contributed by atoms with Crippen molar-refractivity contribution in [2.45, 2.75) is 32.6 Å². The van der Waals surface area contributed by atoms with E-state index in [2.05, 4.69) is 46.3 Å². The molecule has 1 fully saturated rings. The van der Waals surface area contributed by atoms with Crippen LogP contribution in [0.4, 0.5) is 16.4 Å². The largest absolute Gasteiger partial charge is 0.353 e. The lowest BCUT2D eigenvalue weighted by Gasteiger charge is -2.36. The molecular weight excluding hydrogens is 494 g/mol. The number of nitrogens with zero attached hydrogens (tertiary/aromatic N) is 4. The van der Waals surface area contributed by atoms with E-state index in [0.29, 0.717) is 17.7 Å². The predicted molar refractivity (Wildman–Crippen MR) is 153 cm³/mol.